The Balaban J connectivity index is 1.49. The van der Waals surface area contributed by atoms with Gasteiger partial charge in [-0.3, -0.25) is 9.59 Å². The highest BCUT2D eigenvalue weighted by molar-refractivity contribution is 6.05. The molecule has 158 valence electrons. The smallest absolute Gasteiger partial charge is 0.274 e. The predicted octanol–water partition coefficient (Wildman–Crippen LogP) is 3.73. The molecule has 0 saturated carbocycles. The number of H-pyrrole nitrogens is 1. The number of anilines is 1. The molecule has 1 saturated heterocycles. The summed E-state index contributed by atoms with van der Waals surface area (Å²) in [6.45, 7) is 6.28. The van der Waals surface area contributed by atoms with Gasteiger partial charge in [-0.25, -0.2) is 0 Å². The van der Waals surface area contributed by atoms with Crippen molar-refractivity contribution in [3.8, 4) is 0 Å². The van der Waals surface area contributed by atoms with Gasteiger partial charge in [0.2, 0.25) is 0 Å². The van der Waals surface area contributed by atoms with Crippen LogP contribution in [0, 0.1) is 0 Å². The number of pyridine rings is 1. The fraction of sp³-hybridized carbons (Fsp3) is 0.417. The van der Waals surface area contributed by atoms with E-state index in [-0.39, 0.29) is 17.5 Å². The second kappa shape index (κ2) is 8.01. The summed E-state index contributed by atoms with van der Waals surface area (Å²) in [6.07, 6.45) is 5.23. The Bertz CT molecular complexity index is 1120. The van der Waals surface area contributed by atoms with E-state index in [1.54, 1.807) is 19.4 Å². The minimum absolute atomic E-state index is 0.0320. The van der Waals surface area contributed by atoms with Crippen LogP contribution < -0.4 is 10.5 Å². The van der Waals surface area contributed by atoms with Crippen LogP contribution in [0.1, 0.15) is 48.5 Å². The highest BCUT2D eigenvalue weighted by Gasteiger charge is 2.27. The number of benzene rings is 1. The maximum Gasteiger partial charge on any atom is 0.274 e. The molecule has 0 bridgehead atoms. The van der Waals surface area contributed by atoms with Crippen molar-refractivity contribution in [3.05, 3.63) is 64.2 Å². The third-order valence-electron chi connectivity index (χ3n) is 6.36. The van der Waals surface area contributed by atoms with E-state index in [2.05, 4.69) is 48.0 Å². The fourth-order valence-electron chi connectivity index (χ4n) is 4.39. The average Bonchev–Trinajstić information content (AvgIpc) is 3.25. The number of carbonyl (C=O) groups excluding carboxylic acids is 1. The SMILES string of the molecule is CC(C)c1cccc(N2CCC(N(C)C(=O)c3cn(C)c(=O)c4[nH]ccc34)CC2)c1. The molecule has 1 N–H and O–H groups in total. The summed E-state index contributed by atoms with van der Waals surface area (Å²) in [5.74, 6) is 0.480. The van der Waals surface area contributed by atoms with Gasteiger partial charge in [0.25, 0.3) is 11.5 Å². The molecule has 0 radical (unpaired) electrons. The molecule has 3 aromatic rings. The molecule has 6 heteroatoms. The number of rotatable bonds is 4. The lowest BCUT2D eigenvalue weighted by atomic mass is 9.99. The predicted molar refractivity (Wildman–Crippen MR) is 121 cm³/mol. The van der Waals surface area contributed by atoms with Crippen LogP contribution in [0.5, 0.6) is 0 Å². The summed E-state index contributed by atoms with van der Waals surface area (Å²) in [6, 6.07) is 10.8. The molecule has 1 amide bonds. The van der Waals surface area contributed by atoms with Gasteiger partial charge in [0, 0.05) is 56.7 Å². The van der Waals surface area contributed by atoms with Crippen molar-refractivity contribution >= 4 is 22.5 Å². The zero-order valence-electron chi connectivity index (χ0n) is 18.2. The molecule has 1 aliphatic heterocycles. The van der Waals surface area contributed by atoms with Gasteiger partial charge in [0.1, 0.15) is 5.52 Å². The summed E-state index contributed by atoms with van der Waals surface area (Å²) in [5.41, 5.74) is 3.55. The first kappa shape index (κ1) is 20.3. The molecule has 1 aliphatic rings. The molecule has 0 spiro atoms. The summed E-state index contributed by atoms with van der Waals surface area (Å²) in [7, 11) is 3.56. The van der Waals surface area contributed by atoms with E-state index in [9.17, 15) is 9.59 Å². The van der Waals surface area contributed by atoms with Crippen molar-refractivity contribution in [2.45, 2.75) is 38.6 Å². The van der Waals surface area contributed by atoms with Crippen LogP contribution in [0.3, 0.4) is 0 Å². The van der Waals surface area contributed by atoms with Gasteiger partial charge in [0.15, 0.2) is 0 Å². The van der Waals surface area contributed by atoms with Crippen molar-refractivity contribution < 1.29 is 4.79 Å². The Hall–Kier alpha value is -3.02. The zero-order chi connectivity index (χ0) is 21.4. The van der Waals surface area contributed by atoms with E-state index in [1.165, 1.54) is 15.8 Å². The summed E-state index contributed by atoms with van der Waals surface area (Å²) >= 11 is 0. The van der Waals surface area contributed by atoms with Crippen LogP contribution in [0.15, 0.2) is 47.5 Å². The number of hydrogen-bond acceptors (Lipinski definition) is 3. The average molecular weight is 407 g/mol. The van der Waals surface area contributed by atoms with Gasteiger partial charge in [-0.2, -0.15) is 0 Å². The van der Waals surface area contributed by atoms with Crippen molar-refractivity contribution in [1.82, 2.24) is 14.5 Å². The molecule has 30 heavy (non-hydrogen) atoms. The number of aromatic amines is 1. The van der Waals surface area contributed by atoms with Crippen LogP contribution in [0.2, 0.25) is 0 Å². The van der Waals surface area contributed by atoms with Gasteiger partial charge in [-0.15, -0.1) is 0 Å². The van der Waals surface area contributed by atoms with Gasteiger partial charge < -0.3 is 19.4 Å². The molecular weight excluding hydrogens is 376 g/mol. The largest absolute Gasteiger partial charge is 0.371 e. The molecule has 0 aliphatic carbocycles. The Morgan fingerprint density at radius 3 is 2.63 bits per heavy atom. The number of aromatic nitrogens is 2. The lowest BCUT2D eigenvalue weighted by molar-refractivity contribution is 0.0710. The Morgan fingerprint density at radius 2 is 1.93 bits per heavy atom. The summed E-state index contributed by atoms with van der Waals surface area (Å²) in [5, 5.41) is 0.692. The zero-order valence-corrected chi connectivity index (χ0v) is 18.2. The second-order valence-electron chi connectivity index (χ2n) is 8.61. The van der Waals surface area contributed by atoms with E-state index in [4.69, 9.17) is 0 Å². The van der Waals surface area contributed by atoms with E-state index in [1.807, 2.05) is 18.0 Å². The first-order valence-corrected chi connectivity index (χ1v) is 10.7. The normalized spacial score (nSPS) is 15.2. The number of hydrogen-bond donors (Lipinski definition) is 1. The topological polar surface area (TPSA) is 61.3 Å². The van der Waals surface area contributed by atoms with Crippen LogP contribution in [0.25, 0.3) is 10.9 Å². The lowest BCUT2D eigenvalue weighted by Gasteiger charge is -2.38. The molecule has 2 aromatic heterocycles. The second-order valence-corrected chi connectivity index (χ2v) is 8.61. The first-order valence-electron chi connectivity index (χ1n) is 10.7. The van der Waals surface area contributed by atoms with Gasteiger partial charge in [0.05, 0.1) is 5.56 Å². The van der Waals surface area contributed by atoms with Gasteiger partial charge in [-0.1, -0.05) is 26.0 Å². The first-order chi connectivity index (χ1) is 14.4. The molecule has 6 nitrogen and oxygen atoms in total. The van der Waals surface area contributed by atoms with Crippen LogP contribution in [-0.2, 0) is 7.05 Å². The van der Waals surface area contributed by atoms with Gasteiger partial charge >= 0.3 is 0 Å². The van der Waals surface area contributed by atoms with E-state index in [0.29, 0.717) is 22.4 Å². The quantitative estimate of drug-likeness (QED) is 0.718. The Morgan fingerprint density at radius 1 is 1.20 bits per heavy atom. The number of carbonyl (C=O) groups is 1. The Kier molecular flexibility index (Phi) is 5.41. The number of nitrogens with one attached hydrogen (secondary N) is 1. The van der Waals surface area contributed by atoms with Crippen LogP contribution in [-0.4, -0.2) is 46.5 Å². The molecular formula is C24H30N4O2. The molecule has 3 heterocycles. The molecule has 0 unspecified atom stereocenters. The number of aryl methyl sites for hydroxylation is 1. The fourth-order valence-corrected chi connectivity index (χ4v) is 4.39. The summed E-state index contributed by atoms with van der Waals surface area (Å²) in [4.78, 5) is 32.8. The van der Waals surface area contributed by atoms with E-state index in [0.717, 1.165) is 25.9 Å². The van der Waals surface area contributed by atoms with E-state index >= 15 is 0 Å². The lowest BCUT2D eigenvalue weighted by Crippen LogP contribution is -2.46. The molecule has 4 rings (SSSR count). The van der Waals surface area contributed by atoms with Crippen molar-refractivity contribution in [1.29, 1.82) is 0 Å². The monoisotopic (exact) mass is 406 g/mol. The van der Waals surface area contributed by atoms with Gasteiger partial charge in [-0.05, 0) is 42.5 Å². The van der Waals surface area contributed by atoms with Crippen molar-refractivity contribution in [2.75, 3.05) is 25.0 Å². The number of amides is 1. The Labute approximate surface area is 177 Å². The number of nitrogens with zero attached hydrogens (tertiary/aromatic N) is 3. The van der Waals surface area contributed by atoms with Crippen LogP contribution in [0.4, 0.5) is 5.69 Å². The highest BCUT2D eigenvalue weighted by atomic mass is 16.2. The van der Waals surface area contributed by atoms with E-state index < -0.39 is 0 Å². The summed E-state index contributed by atoms with van der Waals surface area (Å²) < 4.78 is 1.48. The maximum atomic E-state index is 13.3. The highest BCUT2D eigenvalue weighted by Crippen LogP contribution is 2.26. The van der Waals surface area contributed by atoms with Crippen molar-refractivity contribution in [2.24, 2.45) is 7.05 Å². The standard InChI is InChI=1S/C24H30N4O2/c1-16(2)17-6-5-7-19(14-17)28-12-9-18(10-13-28)27(4)23(29)21-15-26(3)24(30)22-20(21)8-11-25-22/h5-8,11,14-16,18,25H,9-10,12-13H2,1-4H3. The minimum atomic E-state index is -0.119. The van der Waals surface area contributed by atoms with Crippen LogP contribution >= 0.6 is 0 Å². The minimum Gasteiger partial charge on any atom is -0.371 e. The molecule has 0 atom stereocenters. The third kappa shape index (κ3) is 3.62. The number of fused-ring (bicyclic) bond motifs is 1. The molecule has 1 aromatic carbocycles. The number of piperidine rings is 1. The third-order valence-corrected chi connectivity index (χ3v) is 6.36. The van der Waals surface area contributed by atoms with Crippen molar-refractivity contribution in [3.63, 3.8) is 0 Å². The maximum absolute atomic E-state index is 13.3. The molecule has 1 fully saturated rings.